The molecule has 1 fully saturated rings. The van der Waals surface area contributed by atoms with Gasteiger partial charge in [0.05, 0.1) is 28.4 Å². The molecule has 1 saturated heterocycles. The van der Waals surface area contributed by atoms with E-state index in [9.17, 15) is 14.7 Å². The molecule has 0 spiro atoms. The van der Waals surface area contributed by atoms with Gasteiger partial charge in [0.15, 0.2) is 5.13 Å². The highest BCUT2D eigenvalue weighted by Crippen LogP contribution is 2.45. The zero-order valence-electron chi connectivity index (χ0n) is 23.2. The number of aliphatic hydroxyl groups excluding tert-OH is 1. The van der Waals surface area contributed by atoms with Crippen LogP contribution < -0.4 is 14.4 Å². The number of thiazole rings is 1. The van der Waals surface area contributed by atoms with Crippen LogP contribution in [-0.4, -0.2) is 28.4 Å². The predicted octanol–water partition coefficient (Wildman–Crippen LogP) is 7.94. The lowest BCUT2D eigenvalue weighted by Crippen LogP contribution is -2.29. The molecule has 0 bridgehead atoms. The van der Waals surface area contributed by atoms with Gasteiger partial charge in [0.1, 0.15) is 23.9 Å². The zero-order chi connectivity index (χ0) is 29.9. The lowest BCUT2D eigenvalue weighted by molar-refractivity contribution is -0.132. The lowest BCUT2D eigenvalue weighted by Gasteiger charge is -2.23. The first kappa shape index (κ1) is 28.5. The summed E-state index contributed by atoms with van der Waals surface area (Å²) >= 11 is 7.45. The number of hydrogen-bond donors (Lipinski definition) is 1. The average molecular weight is 611 g/mol. The van der Waals surface area contributed by atoms with Gasteiger partial charge in [0, 0.05) is 10.6 Å². The Kier molecular flexibility index (Phi) is 8.13. The molecule has 9 heteroatoms. The molecule has 216 valence electrons. The Labute approximate surface area is 257 Å². The molecule has 1 amide bonds. The number of Topliss-reactive ketones (excluding diaryl/α,β-unsaturated/α-hetero) is 1. The molecule has 0 saturated carbocycles. The molecule has 1 aromatic heterocycles. The third-order valence-corrected chi connectivity index (χ3v) is 8.29. The monoisotopic (exact) mass is 610 g/mol. The van der Waals surface area contributed by atoms with Gasteiger partial charge in [-0.05, 0) is 72.1 Å². The molecular formula is C34H27ClN2O5S. The van der Waals surface area contributed by atoms with Crippen molar-refractivity contribution in [3.05, 3.63) is 124 Å². The first-order valence-corrected chi connectivity index (χ1v) is 15.0. The summed E-state index contributed by atoms with van der Waals surface area (Å²) in [6.45, 7) is 2.97. The highest BCUT2D eigenvalue weighted by molar-refractivity contribution is 7.22. The van der Waals surface area contributed by atoms with Gasteiger partial charge in [-0.1, -0.05) is 72.3 Å². The van der Waals surface area contributed by atoms with Crippen molar-refractivity contribution in [2.24, 2.45) is 0 Å². The molecule has 5 aromatic rings. The first-order chi connectivity index (χ1) is 20.9. The van der Waals surface area contributed by atoms with Gasteiger partial charge in [0.25, 0.3) is 5.78 Å². The summed E-state index contributed by atoms with van der Waals surface area (Å²) in [7, 11) is 0. The van der Waals surface area contributed by atoms with Crippen molar-refractivity contribution in [1.82, 2.24) is 4.98 Å². The van der Waals surface area contributed by atoms with E-state index in [4.69, 9.17) is 21.1 Å². The number of halogens is 1. The number of nitrogens with zero attached hydrogens (tertiary/aromatic N) is 2. The molecule has 0 aliphatic carbocycles. The normalized spacial score (nSPS) is 16.1. The molecular weight excluding hydrogens is 584 g/mol. The SMILES string of the molecule is CCCOc1ccc(C(O)=C2C(=O)C(=O)N(c3nc4ccc(Cl)cc4s3)C2c2ccc(OCc3ccccc3)cc2)cc1. The number of aliphatic hydroxyl groups is 1. The summed E-state index contributed by atoms with van der Waals surface area (Å²) in [6, 6.07) is 28.1. The maximum atomic E-state index is 13.6. The topological polar surface area (TPSA) is 89.0 Å². The van der Waals surface area contributed by atoms with Gasteiger partial charge in [-0.2, -0.15) is 0 Å². The van der Waals surface area contributed by atoms with Crippen molar-refractivity contribution in [3.63, 3.8) is 0 Å². The summed E-state index contributed by atoms with van der Waals surface area (Å²) < 4.78 is 12.4. The van der Waals surface area contributed by atoms with E-state index in [2.05, 4.69) is 4.98 Å². The van der Waals surface area contributed by atoms with Gasteiger partial charge in [-0.3, -0.25) is 14.5 Å². The van der Waals surface area contributed by atoms with Crippen LogP contribution in [0, 0.1) is 0 Å². The Hall–Kier alpha value is -4.66. The molecule has 1 atom stereocenters. The third-order valence-electron chi connectivity index (χ3n) is 7.03. The second-order valence-electron chi connectivity index (χ2n) is 9.99. The van der Waals surface area contributed by atoms with Gasteiger partial charge in [-0.15, -0.1) is 0 Å². The van der Waals surface area contributed by atoms with E-state index in [1.165, 1.54) is 16.2 Å². The summed E-state index contributed by atoms with van der Waals surface area (Å²) in [5.41, 5.74) is 2.67. The van der Waals surface area contributed by atoms with E-state index < -0.39 is 17.7 Å². The number of hydrogen-bond acceptors (Lipinski definition) is 7. The summed E-state index contributed by atoms with van der Waals surface area (Å²) in [4.78, 5) is 33.2. The first-order valence-electron chi connectivity index (χ1n) is 13.8. The van der Waals surface area contributed by atoms with Crippen molar-refractivity contribution >= 4 is 55.7 Å². The molecule has 1 N–H and O–H groups in total. The highest BCUT2D eigenvalue weighted by atomic mass is 35.5. The fraction of sp³-hybridized carbons (Fsp3) is 0.147. The standard InChI is InChI=1S/C34H27ClN2O5S/c1-2-18-41-25-15-10-23(11-16-25)31(38)29-30(22-8-13-26(14-9-22)42-20-21-6-4-3-5-7-21)37(33(40)32(29)39)34-36-27-17-12-24(35)19-28(27)43-34/h3-17,19,30,38H,2,18,20H2,1H3. The number of rotatable bonds is 9. The molecule has 0 radical (unpaired) electrons. The number of anilines is 1. The van der Waals surface area contributed by atoms with Gasteiger partial charge in [0.2, 0.25) is 0 Å². The van der Waals surface area contributed by atoms with E-state index >= 15 is 0 Å². The Bertz CT molecular complexity index is 1820. The summed E-state index contributed by atoms with van der Waals surface area (Å²) in [5, 5.41) is 12.4. The number of ether oxygens (including phenoxy) is 2. The lowest BCUT2D eigenvalue weighted by atomic mass is 9.95. The van der Waals surface area contributed by atoms with E-state index in [0.717, 1.165) is 16.7 Å². The largest absolute Gasteiger partial charge is 0.507 e. The molecule has 7 nitrogen and oxygen atoms in total. The molecule has 43 heavy (non-hydrogen) atoms. The Morgan fingerprint density at radius 3 is 2.35 bits per heavy atom. The summed E-state index contributed by atoms with van der Waals surface area (Å²) in [5.74, 6) is -0.572. The van der Waals surface area contributed by atoms with Crippen LogP contribution in [0.15, 0.2) is 103 Å². The number of fused-ring (bicyclic) bond motifs is 1. The minimum Gasteiger partial charge on any atom is -0.507 e. The van der Waals surface area contributed by atoms with Crippen molar-refractivity contribution in [2.45, 2.75) is 26.0 Å². The predicted molar refractivity (Wildman–Crippen MR) is 169 cm³/mol. The molecule has 1 unspecified atom stereocenters. The smallest absolute Gasteiger partial charge is 0.301 e. The Morgan fingerprint density at radius 2 is 1.63 bits per heavy atom. The zero-order valence-corrected chi connectivity index (χ0v) is 24.8. The molecule has 2 heterocycles. The van der Waals surface area contributed by atoms with Gasteiger partial charge >= 0.3 is 5.91 Å². The summed E-state index contributed by atoms with van der Waals surface area (Å²) in [6.07, 6.45) is 0.860. The van der Waals surface area contributed by atoms with E-state index in [0.29, 0.717) is 51.5 Å². The molecule has 1 aliphatic rings. The van der Waals surface area contributed by atoms with Gasteiger partial charge < -0.3 is 14.6 Å². The Morgan fingerprint density at radius 1 is 0.930 bits per heavy atom. The van der Waals surface area contributed by atoms with Crippen molar-refractivity contribution in [2.75, 3.05) is 11.5 Å². The molecule has 4 aromatic carbocycles. The number of amides is 1. The van der Waals surface area contributed by atoms with Crippen LogP contribution in [0.3, 0.4) is 0 Å². The number of ketones is 1. The van der Waals surface area contributed by atoms with Crippen LogP contribution in [0.25, 0.3) is 16.0 Å². The minimum absolute atomic E-state index is 0.0255. The van der Waals surface area contributed by atoms with Crippen LogP contribution in [0.4, 0.5) is 5.13 Å². The quantitative estimate of drug-likeness (QED) is 0.103. The van der Waals surface area contributed by atoms with E-state index in [-0.39, 0.29) is 11.3 Å². The third kappa shape index (κ3) is 5.84. The second kappa shape index (κ2) is 12.3. The number of benzene rings is 4. The van der Waals surface area contributed by atoms with E-state index in [1.807, 2.05) is 37.3 Å². The average Bonchev–Trinajstić information content (AvgIpc) is 3.56. The fourth-order valence-corrected chi connectivity index (χ4v) is 6.17. The fourth-order valence-electron chi connectivity index (χ4n) is 4.91. The molecule has 6 rings (SSSR count). The maximum absolute atomic E-state index is 13.6. The van der Waals surface area contributed by atoms with Crippen LogP contribution in [0.2, 0.25) is 5.02 Å². The minimum atomic E-state index is -0.921. The molecule has 1 aliphatic heterocycles. The van der Waals surface area contributed by atoms with Crippen molar-refractivity contribution in [3.8, 4) is 11.5 Å². The van der Waals surface area contributed by atoms with Crippen LogP contribution in [0.1, 0.15) is 36.1 Å². The van der Waals surface area contributed by atoms with Gasteiger partial charge in [-0.25, -0.2) is 4.98 Å². The number of aromatic nitrogens is 1. The number of carbonyl (C=O) groups is 2. The van der Waals surface area contributed by atoms with Crippen molar-refractivity contribution in [1.29, 1.82) is 0 Å². The second-order valence-corrected chi connectivity index (χ2v) is 11.4. The van der Waals surface area contributed by atoms with Crippen LogP contribution in [0.5, 0.6) is 11.5 Å². The van der Waals surface area contributed by atoms with Crippen molar-refractivity contribution < 1.29 is 24.2 Å². The highest BCUT2D eigenvalue weighted by Gasteiger charge is 2.48. The maximum Gasteiger partial charge on any atom is 0.301 e. The van der Waals surface area contributed by atoms with Crippen LogP contribution in [-0.2, 0) is 16.2 Å². The van der Waals surface area contributed by atoms with E-state index in [1.54, 1.807) is 66.7 Å². The van der Waals surface area contributed by atoms with Crippen LogP contribution >= 0.6 is 22.9 Å². The Balaban J connectivity index is 1.40. The number of carbonyl (C=O) groups excluding carboxylic acids is 2.